The number of rotatable bonds is 4. The molecule has 11 rings (SSSR count). The number of benzene rings is 10. The zero-order chi connectivity index (χ0) is 39.2. The molecule has 0 aliphatic heterocycles. The van der Waals surface area contributed by atoms with Crippen molar-refractivity contribution in [2.24, 2.45) is 0 Å². The standard InChI is InChI=1S/C52H32Se/c1-3-17-33(18-4-1)47-35-21-7-11-25-39(35)49(40-26-12-8-22-36(40)47)43-29-15-31-45-51(43)52-44(30-16-32-46(52)53-45)50-41-27-13-9-23-37(41)48(34-19-5-2-6-20-34)38-24-10-14-28-42(38)50/h1-32H/i1D,3D,4D,17D,18D. The van der Waals surface area contributed by atoms with Crippen molar-refractivity contribution in [3.63, 3.8) is 0 Å². The summed E-state index contributed by atoms with van der Waals surface area (Å²) < 4.78 is 46.2. The molecular weight excluding hydrogens is 704 g/mol. The first-order valence-corrected chi connectivity index (χ1v) is 19.6. The van der Waals surface area contributed by atoms with Gasteiger partial charge in [-0.15, -0.1) is 0 Å². The van der Waals surface area contributed by atoms with Crippen LogP contribution in [0.5, 0.6) is 0 Å². The molecule has 0 spiro atoms. The Kier molecular flexibility index (Phi) is 5.90. The topological polar surface area (TPSA) is 0 Å². The summed E-state index contributed by atoms with van der Waals surface area (Å²) >= 11 is 0.0606. The predicted octanol–water partition coefficient (Wildman–Crippen LogP) is 14.3. The van der Waals surface area contributed by atoms with Gasteiger partial charge in [-0.3, -0.25) is 0 Å². The third kappa shape index (κ3) is 4.62. The fraction of sp³-hybridized carbons (Fsp3) is 0. The first kappa shape index (κ1) is 25.7. The van der Waals surface area contributed by atoms with Gasteiger partial charge in [-0.2, -0.15) is 0 Å². The van der Waals surface area contributed by atoms with Gasteiger partial charge < -0.3 is 0 Å². The third-order valence-corrected chi connectivity index (χ3v) is 13.1. The van der Waals surface area contributed by atoms with Crippen LogP contribution in [0.15, 0.2) is 194 Å². The summed E-state index contributed by atoms with van der Waals surface area (Å²) in [6, 6.07) is 56.7. The predicted molar refractivity (Wildman–Crippen MR) is 230 cm³/mol. The normalized spacial score (nSPS) is 13.1. The van der Waals surface area contributed by atoms with Crippen molar-refractivity contribution in [1.29, 1.82) is 0 Å². The molecule has 0 saturated heterocycles. The quantitative estimate of drug-likeness (QED) is 0.124. The molecule has 246 valence electrons. The summed E-state index contributed by atoms with van der Waals surface area (Å²) in [5, 5.41) is 11.0. The second kappa shape index (κ2) is 12.2. The summed E-state index contributed by atoms with van der Waals surface area (Å²) in [6.07, 6.45) is 0. The van der Waals surface area contributed by atoms with Gasteiger partial charge in [0, 0.05) is 0 Å². The van der Waals surface area contributed by atoms with Crippen molar-refractivity contribution in [1.82, 2.24) is 0 Å². The number of hydrogen-bond donors (Lipinski definition) is 0. The summed E-state index contributed by atoms with van der Waals surface area (Å²) in [7, 11) is 0. The Morgan fingerprint density at radius 1 is 0.302 bits per heavy atom. The van der Waals surface area contributed by atoms with Crippen LogP contribution >= 0.6 is 0 Å². The van der Waals surface area contributed by atoms with Crippen molar-refractivity contribution in [3.05, 3.63) is 194 Å². The van der Waals surface area contributed by atoms with Crippen molar-refractivity contribution in [2.75, 3.05) is 0 Å². The van der Waals surface area contributed by atoms with Gasteiger partial charge in [-0.1, -0.05) is 0 Å². The van der Waals surface area contributed by atoms with E-state index in [1.54, 1.807) is 0 Å². The first-order chi connectivity index (χ1) is 28.4. The SMILES string of the molecule is [2H]c1c([2H])c([2H])c(-c2c3ccccc3c(-c3cccc4[se]c5cccc(-c6c7ccccc7c(-c7ccccc7)c7ccccc67)c5c34)c3ccccc23)c([2H])c1[2H]. The molecule has 0 aliphatic carbocycles. The molecule has 0 saturated carbocycles. The van der Waals surface area contributed by atoms with Crippen molar-refractivity contribution in [3.8, 4) is 44.5 Å². The molecule has 0 unspecified atom stereocenters. The molecule has 1 heteroatoms. The van der Waals surface area contributed by atoms with E-state index in [0.717, 1.165) is 32.7 Å². The second-order valence-corrected chi connectivity index (χ2v) is 15.8. The van der Waals surface area contributed by atoms with Gasteiger partial charge in [-0.25, -0.2) is 0 Å². The molecule has 0 fully saturated rings. The Morgan fingerprint density at radius 3 is 1.08 bits per heavy atom. The summed E-state index contributed by atoms with van der Waals surface area (Å²) in [5.41, 5.74) is 7.95. The van der Waals surface area contributed by atoms with Gasteiger partial charge in [-0.05, 0) is 0 Å². The van der Waals surface area contributed by atoms with Crippen LogP contribution in [0.4, 0.5) is 0 Å². The van der Waals surface area contributed by atoms with Gasteiger partial charge in [0.05, 0.1) is 0 Å². The summed E-state index contributed by atoms with van der Waals surface area (Å²) in [5.74, 6) is 0. The monoisotopic (exact) mass is 741 g/mol. The molecule has 0 atom stereocenters. The molecule has 0 N–H and O–H groups in total. The van der Waals surface area contributed by atoms with Gasteiger partial charge in [0.1, 0.15) is 0 Å². The van der Waals surface area contributed by atoms with Crippen molar-refractivity contribution in [2.45, 2.75) is 0 Å². The molecule has 0 radical (unpaired) electrons. The van der Waals surface area contributed by atoms with Gasteiger partial charge in [0.15, 0.2) is 0 Å². The van der Waals surface area contributed by atoms with Gasteiger partial charge in [0.2, 0.25) is 0 Å². The maximum absolute atomic E-state index is 9.03. The average Bonchev–Trinajstić information content (AvgIpc) is 3.67. The van der Waals surface area contributed by atoms with Crippen LogP contribution in [0.25, 0.3) is 107 Å². The van der Waals surface area contributed by atoms with E-state index < -0.39 is 6.04 Å². The molecule has 10 aromatic carbocycles. The fourth-order valence-corrected chi connectivity index (χ4v) is 11.1. The van der Waals surface area contributed by atoms with E-state index >= 15 is 0 Å². The molecule has 1 aromatic heterocycles. The minimum absolute atomic E-state index is 0.0606. The Bertz CT molecular complexity index is 3370. The van der Waals surface area contributed by atoms with Crippen LogP contribution in [-0.2, 0) is 0 Å². The van der Waals surface area contributed by atoms with E-state index in [1.165, 1.54) is 63.1 Å². The molecule has 0 aliphatic rings. The van der Waals surface area contributed by atoms with Crippen LogP contribution in [0.2, 0.25) is 0 Å². The van der Waals surface area contributed by atoms with Crippen LogP contribution in [0.3, 0.4) is 0 Å². The number of hydrogen-bond acceptors (Lipinski definition) is 0. The van der Waals surface area contributed by atoms with Gasteiger partial charge in [0.25, 0.3) is 0 Å². The van der Waals surface area contributed by atoms with Crippen LogP contribution in [0, 0.1) is 0 Å². The molecule has 0 amide bonds. The van der Waals surface area contributed by atoms with Crippen molar-refractivity contribution < 1.29 is 6.85 Å². The van der Waals surface area contributed by atoms with E-state index in [-0.39, 0.29) is 44.2 Å². The molecule has 11 aromatic rings. The molecule has 0 bridgehead atoms. The Balaban J connectivity index is 1.29. The Morgan fingerprint density at radius 2 is 0.660 bits per heavy atom. The molecule has 1 heterocycles. The molecule has 0 nitrogen and oxygen atoms in total. The average molecular weight is 741 g/mol. The maximum atomic E-state index is 9.03. The molecule has 53 heavy (non-hydrogen) atoms. The summed E-state index contributed by atoms with van der Waals surface area (Å²) in [4.78, 5) is 0. The van der Waals surface area contributed by atoms with E-state index in [4.69, 9.17) is 6.85 Å². The number of fused-ring (bicyclic) bond motifs is 7. The third-order valence-electron chi connectivity index (χ3n) is 10.7. The van der Waals surface area contributed by atoms with Crippen LogP contribution in [0.1, 0.15) is 6.85 Å². The fourth-order valence-electron chi connectivity index (χ4n) is 8.68. The second-order valence-electron chi connectivity index (χ2n) is 13.5. The van der Waals surface area contributed by atoms with E-state index in [2.05, 4.69) is 127 Å². The minimum atomic E-state index is -0.393. The zero-order valence-corrected chi connectivity index (χ0v) is 30.2. The van der Waals surface area contributed by atoms with E-state index in [0.29, 0.717) is 5.56 Å². The Labute approximate surface area is 321 Å². The van der Waals surface area contributed by atoms with Crippen LogP contribution in [-0.4, -0.2) is 14.5 Å². The van der Waals surface area contributed by atoms with Crippen LogP contribution < -0.4 is 0 Å². The summed E-state index contributed by atoms with van der Waals surface area (Å²) in [6.45, 7) is 0. The van der Waals surface area contributed by atoms with E-state index in [9.17, 15) is 0 Å². The Hall–Kier alpha value is -6.24. The first-order valence-electron chi connectivity index (χ1n) is 20.4. The van der Waals surface area contributed by atoms with E-state index in [1.807, 2.05) is 36.4 Å². The van der Waals surface area contributed by atoms with Gasteiger partial charge >= 0.3 is 322 Å². The molecular formula is C52H32Se. The van der Waals surface area contributed by atoms with Crippen molar-refractivity contribution >= 4 is 76.9 Å². The zero-order valence-electron chi connectivity index (χ0n) is 33.5.